The van der Waals surface area contributed by atoms with Crippen molar-refractivity contribution in [1.82, 2.24) is 15.2 Å². The smallest absolute Gasteiger partial charge is 0.285 e. The Hall–Kier alpha value is -2.62. The Morgan fingerprint density at radius 2 is 1.90 bits per heavy atom. The Balaban J connectivity index is 2.17. The van der Waals surface area contributed by atoms with Crippen LogP contribution in [0.5, 0.6) is 5.75 Å². The maximum absolute atomic E-state index is 13.3. The Morgan fingerprint density at radius 3 is 2.48 bits per heavy atom. The molecule has 0 unspecified atom stereocenters. The molecule has 1 aromatic heterocycles. The van der Waals surface area contributed by atoms with Crippen molar-refractivity contribution in [1.29, 1.82) is 0 Å². The zero-order valence-corrected chi connectivity index (χ0v) is 10.2. The van der Waals surface area contributed by atoms with Gasteiger partial charge in [-0.05, 0) is 6.07 Å². The van der Waals surface area contributed by atoms with E-state index in [1.165, 1.54) is 12.3 Å². The number of halogens is 4. The number of rotatable bonds is 4. The molecule has 112 valence electrons. The summed E-state index contributed by atoms with van der Waals surface area (Å²) in [6.45, 7) is -0.575. The second-order valence-electron chi connectivity index (χ2n) is 3.78. The molecule has 2 aromatic rings. The average molecular weight is 304 g/mol. The molecule has 0 bridgehead atoms. The van der Waals surface area contributed by atoms with Crippen molar-refractivity contribution >= 4 is 5.91 Å². The first kappa shape index (κ1) is 14.8. The average Bonchev–Trinajstić information content (AvgIpc) is 2.93. The van der Waals surface area contributed by atoms with Crippen LogP contribution in [-0.2, 0) is 6.73 Å². The molecular weight excluding hydrogens is 296 g/mol. The SMILES string of the molecule is NNC(=O)c1ccn(COc2c(F)c(F)cc(F)c2F)n1. The standard InChI is InChI=1S/C11H8F4N4O2/c12-5-3-6(13)9(15)10(8(5)14)21-4-19-2-1-7(18-19)11(20)17-16/h1-3H,4,16H2,(H,17,20). The minimum atomic E-state index is -1.67. The first-order valence-electron chi connectivity index (χ1n) is 5.44. The van der Waals surface area contributed by atoms with E-state index in [9.17, 15) is 22.4 Å². The Labute approximate surface area is 115 Å². The summed E-state index contributed by atoms with van der Waals surface area (Å²) in [7, 11) is 0. The predicted octanol–water partition coefficient (Wildman–Crippen LogP) is 1.08. The van der Waals surface area contributed by atoms with Crippen molar-refractivity contribution in [3.8, 4) is 5.75 Å². The molecule has 0 aliphatic heterocycles. The summed E-state index contributed by atoms with van der Waals surface area (Å²) >= 11 is 0. The van der Waals surface area contributed by atoms with Crippen LogP contribution >= 0.6 is 0 Å². The van der Waals surface area contributed by atoms with Crippen molar-refractivity contribution in [2.75, 3.05) is 0 Å². The van der Waals surface area contributed by atoms with Crippen LogP contribution < -0.4 is 16.0 Å². The van der Waals surface area contributed by atoms with E-state index in [-0.39, 0.29) is 11.8 Å². The fourth-order valence-electron chi connectivity index (χ4n) is 1.44. The van der Waals surface area contributed by atoms with Gasteiger partial charge in [0.15, 0.2) is 29.8 Å². The fraction of sp³-hybridized carbons (Fsp3) is 0.0909. The highest BCUT2D eigenvalue weighted by Gasteiger charge is 2.20. The van der Waals surface area contributed by atoms with Gasteiger partial charge >= 0.3 is 0 Å². The van der Waals surface area contributed by atoms with Crippen LogP contribution in [0, 0.1) is 23.3 Å². The molecule has 0 aliphatic rings. The third kappa shape index (κ3) is 2.94. The van der Waals surface area contributed by atoms with Crippen molar-refractivity contribution < 1.29 is 27.1 Å². The molecule has 2 rings (SSSR count). The number of carbonyl (C=O) groups excluding carboxylic acids is 1. The van der Waals surface area contributed by atoms with Crippen LogP contribution in [0.3, 0.4) is 0 Å². The van der Waals surface area contributed by atoms with Crippen molar-refractivity contribution in [2.24, 2.45) is 5.84 Å². The molecule has 0 aliphatic carbocycles. The van der Waals surface area contributed by atoms with Crippen molar-refractivity contribution in [3.63, 3.8) is 0 Å². The minimum Gasteiger partial charge on any atom is -0.465 e. The zero-order valence-electron chi connectivity index (χ0n) is 10.2. The number of ether oxygens (including phenoxy) is 1. The molecule has 0 saturated carbocycles. The molecule has 0 saturated heterocycles. The minimum absolute atomic E-state index is 0.0646. The highest BCUT2D eigenvalue weighted by Crippen LogP contribution is 2.26. The second-order valence-corrected chi connectivity index (χ2v) is 3.78. The molecule has 0 spiro atoms. The number of hydrogen-bond donors (Lipinski definition) is 2. The van der Waals surface area contributed by atoms with E-state index in [1.807, 2.05) is 5.43 Å². The number of nitrogens with two attached hydrogens (primary N) is 1. The fourth-order valence-corrected chi connectivity index (χ4v) is 1.44. The molecule has 1 amide bonds. The summed E-state index contributed by atoms with van der Waals surface area (Å²) in [4.78, 5) is 11.1. The molecule has 3 N–H and O–H groups in total. The van der Waals surface area contributed by atoms with Crippen LogP contribution in [0.25, 0.3) is 0 Å². The number of amides is 1. The number of nitrogens with one attached hydrogen (secondary N) is 1. The monoisotopic (exact) mass is 304 g/mol. The van der Waals surface area contributed by atoms with E-state index >= 15 is 0 Å². The molecule has 10 heteroatoms. The molecule has 0 fully saturated rings. The zero-order chi connectivity index (χ0) is 15.6. The van der Waals surface area contributed by atoms with E-state index in [0.29, 0.717) is 0 Å². The Bertz CT molecular complexity index is 663. The second kappa shape index (κ2) is 5.79. The maximum Gasteiger partial charge on any atom is 0.285 e. The number of hydrazine groups is 1. The van der Waals surface area contributed by atoms with Gasteiger partial charge in [0.25, 0.3) is 5.91 Å². The normalized spacial score (nSPS) is 10.5. The number of nitrogen functional groups attached to an aromatic ring is 1. The van der Waals surface area contributed by atoms with Crippen LogP contribution in [0.2, 0.25) is 0 Å². The van der Waals surface area contributed by atoms with Gasteiger partial charge in [0, 0.05) is 12.3 Å². The summed E-state index contributed by atoms with van der Waals surface area (Å²) in [5.41, 5.74) is 1.75. The number of hydrogen-bond acceptors (Lipinski definition) is 4. The Kier molecular flexibility index (Phi) is 4.08. The lowest BCUT2D eigenvalue weighted by molar-refractivity contribution is 0.0946. The number of aromatic nitrogens is 2. The third-order valence-corrected chi connectivity index (χ3v) is 2.42. The number of nitrogens with zero attached hydrogens (tertiary/aromatic N) is 2. The van der Waals surface area contributed by atoms with E-state index in [4.69, 9.17) is 5.84 Å². The first-order chi connectivity index (χ1) is 9.93. The van der Waals surface area contributed by atoms with E-state index < -0.39 is 41.7 Å². The topological polar surface area (TPSA) is 82.2 Å². The largest absolute Gasteiger partial charge is 0.465 e. The lowest BCUT2D eigenvalue weighted by Crippen LogP contribution is -2.30. The molecule has 6 nitrogen and oxygen atoms in total. The van der Waals surface area contributed by atoms with Gasteiger partial charge in [0.1, 0.15) is 0 Å². The van der Waals surface area contributed by atoms with Gasteiger partial charge < -0.3 is 4.74 Å². The lowest BCUT2D eigenvalue weighted by atomic mass is 10.3. The molecule has 1 heterocycles. The van der Waals surface area contributed by atoms with Crippen molar-refractivity contribution in [3.05, 3.63) is 47.3 Å². The van der Waals surface area contributed by atoms with E-state index in [2.05, 4.69) is 9.84 Å². The van der Waals surface area contributed by atoms with Gasteiger partial charge in [0.05, 0.1) is 0 Å². The summed E-state index contributed by atoms with van der Waals surface area (Å²) in [6, 6.07) is 1.32. The molecule has 0 atom stereocenters. The van der Waals surface area contributed by atoms with Gasteiger partial charge in [-0.25, -0.2) is 19.3 Å². The van der Waals surface area contributed by atoms with Gasteiger partial charge in [-0.1, -0.05) is 0 Å². The summed E-state index contributed by atoms with van der Waals surface area (Å²) in [6.07, 6.45) is 1.25. The highest BCUT2D eigenvalue weighted by molar-refractivity contribution is 5.91. The van der Waals surface area contributed by atoms with Gasteiger partial charge in [0.2, 0.25) is 11.6 Å². The van der Waals surface area contributed by atoms with Gasteiger partial charge in [-0.3, -0.25) is 10.2 Å². The van der Waals surface area contributed by atoms with Crippen LogP contribution in [0.1, 0.15) is 10.5 Å². The van der Waals surface area contributed by atoms with Crippen LogP contribution in [0.4, 0.5) is 17.6 Å². The highest BCUT2D eigenvalue weighted by atomic mass is 19.2. The summed E-state index contributed by atoms with van der Waals surface area (Å²) in [5.74, 6) is -3.53. The van der Waals surface area contributed by atoms with E-state index in [0.717, 1.165) is 4.68 Å². The number of benzene rings is 1. The lowest BCUT2D eigenvalue weighted by Gasteiger charge is -2.09. The van der Waals surface area contributed by atoms with Gasteiger partial charge in [-0.2, -0.15) is 13.9 Å². The van der Waals surface area contributed by atoms with Gasteiger partial charge in [-0.15, -0.1) is 0 Å². The summed E-state index contributed by atoms with van der Waals surface area (Å²) in [5, 5.41) is 3.67. The van der Waals surface area contributed by atoms with E-state index in [1.54, 1.807) is 0 Å². The Morgan fingerprint density at radius 1 is 1.29 bits per heavy atom. The molecular formula is C11H8F4N4O2. The van der Waals surface area contributed by atoms with Crippen molar-refractivity contribution in [2.45, 2.75) is 6.73 Å². The molecule has 0 radical (unpaired) electrons. The summed E-state index contributed by atoms with van der Waals surface area (Å²) < 4.78 is 58.2. The predicted molar refractivity (Wildman–Crippen MR) is 60.8 cm³/mol. The van der Waals surface area contributed by atoms with Crippen LogP contribution in [-0.4, -0.2) is 15.7 Å². The quantitative estimate of drug-likeness (QED) is 0.291. The maximum atomic E-state index is 13.3. The number of carbonyl (C=O) groups is 1. The molecule has 1 aromatic carbocycles. The third-order valence-electron chi connectivity index (χ3n) is 2.42. The molecule has 21 heavy (non-hydrogen) atoms. The first-order valence-corrected chi connectivity index (χ1v) is 5.44. The van der Waals surface area contributed by atoms with Crippen LogP contribution in [0.15, 0.2) is 18.3 Å².